The topological polar surface area (TPSA) is 86.3 Å². The third-order valence-electron chi connectivity index (χ3n) is 6.22. The second-order valence-corrected chi connectivity index (χ2v) is 7.70. The summed E-state index contributed by atoms with van der Waals surface area (Å²) in [6.45, 7) is 3.90. The van der Waals surface area contributed by atoms with Crippen molar-refractivity contribution in [1.29, 1.82) is 0 Å². The molecule has 0 aliphatic heterocycles. The van der Waals surface area contributed by atoms with Crippen LogP contribution in [0.5, 0.6) is 0 Å². The van der Waals surface area contributed by atoms with Gasteiger partial charge < -0.3 is 0 Å². The Labute approximate surface area is 151 Å². The van der Waals surface area contributed by atoms with Crippen molar-refractivity contribution in [2.24, 2.45) is 0 Å². The van der Waals surface area contributed by atoms with Crippen molar-refractivity contribution in [2.45, 2.75) is 49.6 Å². The predicted octanol–water partition coefficient (Wildman–Crippen LogP) is 4.01. The minimum Gasteiger partial charge on any atom is -0.264 e. The van der Waals surface area contributed by atoms with Gasteiger partial charge in [0.1, 0.15) is 0 Å². The molecule has 0 aromatic heterocycles. The van der Waals surface area contributed by atoms with E-state index in [1.165, 1.54) is 0 Å². The number of nitrogens with zero attached hydrogens (tertiary/aromatic N) is 2. The number of aryl methyl sites for hydroxylation is 2. The Kier molecular flexibility index (Phi) is 3.45. The molecule has 0 unspecified atom stereocenters. The van der Waals surface area contributed by atoms with Crippen LogP contribution < -0.4 is 0 Å². The van der Waals surface area contributed by atoms with Crippen LogP contribution in [0.15, 0.2) is 48.5 Å². The Balaban J connectivity index is 1.74. The van der Waals surface area contributed by atoms with Gasteiger partial charge in [-0.3, -0.25) is 20.2 Å². The zero-order valence-corrected chi connectivity index (χ0v) is 14.7. The molecule has 2 aliphatic rings. The molecule has 0 saturated heterocycles. The fraction of sp³-hybridized carbons (Fsp3) is 0.400. The van der Waals surface area contributed by atoms with Gasteiger partial charge in [-0.25, -0.2) is 0 Å². The number of hydrogen-bond acceptors (Lipinski definition) is 4. The summed E-state index contributed by atoms with van der Waals surface area (Å²) in [5.74, 6) is -0.808. The van der Waals surface area contributed by atoms with Crippen LogP contribution in [0.3, 0.4) is 0 Å². The molecule has 4 atom stereocenters. The van der Waals surface area contributed by atoms with Gasteiger partial charge in [-0.15, -0.1) is 0 Å². The Morgan fingerprint density at radius 1 is 0.731 bits per heavy atom. The first-order valence-electron chi connectivity index (χ1n) is 8.75. The van der Waals surface area contributed by atoms with Crippen LogP contribution in [0.1, 0.15) is 46.9 Å². The molecule has 0 bridgehead atoms. The summed E-state index contributed by atoms with van der Waals surface area (Å²) in [5.41, 5.74) is 0.747. The van der Waals surface area contributed by atoms with Crippen molar-refractivity contribution >= 4 is 0 Å². The second-order valence-electron chi connectivity index (χ2n) is 7.70. The van der Waals surface area contributed by atoms with E-state index in [4.69, 9.17) is 0 Å². The number of nitro groups is 2. The van der Waals surface area contributed by atoms with Crippen molar-refractivity contribution in [3.8, 4) is 0 Å². The first kappa shape index (κ1) is 16.7. The molecule has 0 N–H and O–H groups in total. The number of benzene rings is 2. The average molecular weight is 352 g/mol. The number of hydrogen-bond donors (Lipinski definition) is 0. The fourth-order valence-electron chi connectivity index (χ4n) is 4.57. The van der Waals surface area contributed by atoms with E-state index in [0.717, 1.165) is 22.3 Å². The summed E-state index contributed by atoms with van der Waals surface area (Å²) < 4.78 is 0. The molecule has 6 heteroatoms. The summed E-state index contributed by atoms with van der Waals surface area (Å²) in [6.07, 6.45) is 0.457. The van der Waals surface area contributed by atoms with E-state index >= 15 is 0 Å². The Morgan fingerprint density at radius 2 is 1.04 bits per heavy atom. The molecule has 0 spiro atoms. The van der Waals surface area contributed by atoms with Crippen molar-refractivity contribution in [3.05, 3.63) is 91.0 Å². The van der Waals surface area contributed by atoms with Gasteiger partial charge in [0.25, 0.3) is 11.1 Å². The smallest absolute Gasteiger partial charge is 0.264 e. The predicted molar refractivity (Wildman–Crippen MR) is 96.5 cm³/mol. The van der Waals surface area contributed by atoms with Gasteiger partial charge in [0, 0.05) is 22.7 Å². The first-order valence-corrected chi connectivity index (χ1v) is 8.75. The van der Waals surface area contributed by atoms with E-state index in [1.54, 1.807) is 0 Å². The van der Waals surface area contributed by atoms with Crippen molar-refractivity contribution < 1.29 is 9.85 Å². The average Bonchev–Trinajstić information content (AvgIpc) is 3.48. The maximum Gasteiger partial charge on any atom is 0.298 e. The third-order valence-corrected chi connectivity index (χ3v) is 6.22. The van der Waals surface area contributed by atoms with Gasteiger partial charge in [0.05, 0.1) is 11.8 Å². The van der Waals surface area contributed by atoms with E-state index in [0.29, 0.717) is 0 Å². The highest BCUT2D eigenvalue weighted by Crippen LogP contribution is 2.73. The maximum atomic E-state index is 12.1. The van der Waals surface area contributed by atoms with E-state index < -0.39 is 22.9 Å². The lowest BCUT2D eigenvalue weighted by Crippen LogP contribution is -2.46. The van der Waals surface area contributed by atoms with Crippen LogP contribution >= 0.6 is 0 Å². The summed E-state index contributed by atoms with van der Waals surface area (Å²) in [6, 6.07) is 15.1. The molecule has 2 aromatic rings. The standard InChI is InChI=1S/C20H20N2O4/c1-13-3-7-15(8-4-13)17-11-19(17,21(23)24)20(22(25)26)12-18(20)16-9-5-14(2)6-10-16/h3-10,17-18H,11-12H2,1-2H3/t17-,18+,19+,20-. The molecule has 2 fully saturated rings. The first-order chi connectivity index (χ1) is 12.3. The lowest BCUT2D eigenvalue weighted by Gasteiger charge is -2.16. The lowest BCUT2D eigenvalue weighted by atomic mass is 9.93. The second kappa shape index (κ2) is 5.37. The van der Waals surface area contributed by atoms with Crippen molar-refractivity contribution in [2.75, 3.05) is 0 Å². The van der Waals surface area contributed by atoms with Crippen LogP contribution in [0.2, 0.25) is 0 Å². The van der Waals surface area contributed by atoms with E-state index in [9.17, 15) is 20.2 Å². The largest absolute Gasteiger partial charge is 0.298 e. The third kappa shape index (κ3) is 2.11. The maximum absolute atomic E-state index is 12.1. The van der Waals surface area contributed by atoms with E-state index in [-0.39, 0.29) is 22.7 Å². The molecule has 26 heavy (non-hydrogen) atoms. The molecule has 6 nitrogen and oxygen atoms in total. The molecule has 0 amide bonds. The summed E-state index contributed by atoms with van der Waals surface area (Å²) in [4.78, 5) is 23.4. The van der Waals surface area contributed by atoms with Crippen LogP contribution in [0.25, 0.3) is 0 Å². The Hall–Kier alpha value is -2.76. The van der Waals surface area contributed by atoms with Crippen LogP contribution in [-0.4, -0.2) is 20.9 Å². The number of rotatable bonds is 5. The lowest BCUT2D eigenvalue weighted by molar-refractivity contribution is -0.644. The van der Waals surface area contributed by atoms with Crippen molar-refractivity contribution in [3.63, 3.8) is 0 Å². The molecule has 0 heterocycles. The zero-order chi connectivity index (χ0) is 18.7. The van der Waals surface area contributed by atoms with Crippen LogP contribution in [-0.2, 0) is 0 Å². The molecule has 4 rings (SSSR count). The molecule has 2 aromatic carbocycles. The van der Waals surface area contributed by atoms with Gasteiger partial charge in [-0.05, 0) is 25.0 Å². The summed E-state index contributed by atoms with van der Waals surface area (Å²) >= 11 is 0. The van der Waals surface area contributed by atoms with E-state index in [2.05, 4.69) is 0 Å². The van der Waals surface area contributed by atoms with Gasteiger partial charge in [-0.1, -0.05) is 59.7 Å². The monoisotopic (exact) mass is 352 g/mol. The van der Waals surface area contributed by atoms with E-state index in [1.807, 2.05) is 62.4 Å². The van der Waals surface area contributed by atoms with Crippen LogP contribution in [0.4, 0.5) is 0 Å². The molecule has 2 saturated carbocycles. The molecular formula is C20H20N2O4. The van der Waals surface area contributed by atoms with Crippen molar-refractivity contribution in [1.82, 2.24) is 0 Å². The molecule has 134 valence electrons. The summed E-state index contributed by atoms with van der Waals surface area (Å²) in [7, 11) is 0. The highest BCUT2D eigenvalue weighted by molar-refractivity contribution is 5.45. The van der Waals surface area contributed by atoms with Gasteiger partial charge in [-0.2, -0.15) is 0 Å². The Morgan fingerprint density at radius 3 is 1.31 bits per heavy atom. The normalized spacial score (nSPS) is 32.1. The van der Waals surface area contributed by atoms with Gasteiger partial charge in [0.15, 0.2) is 0 Å². The minimum absolute atomic E-state index is 0.229. The zero-order valence-electron chi connectivity index (χ0n) is 14.7. The highest BCUT2D eigenvalue weighted by Gasteiger charge is 2.93. The Bertz CT molecular complexity index is 818. The summed E-state index contributed by atoms with van der Waals surface area (Å²) in [5, 5.41) is 24.1. The highest BCUT2D eigenvalue weighted by atomic mass is 16.7. The van der Waals surface area contributed by atoms with Gasteiger partial charge in [0.2, 0.25) is 0 Å². The SMILES string of the molecule is Cc1ccc([C@H]2C[C@@]2([N+](=O)[O-])[C@@]2([N+](=O)[O-])C[C@H]2c2ccc(C)cc2)cc1. The van der Waals surface area contributed by atoms with Crippen LogP contribution in [0, 0.1) is 34.1 Å². The van der Waals surface area contributed by atoms with Gasteiger partial charge >= 0.3 is 0 Å². The minimum atomic E-state index is -1.51. The molecule has 0 radical (unpaired) electrons. The fourth-order valence-corrected chi connectivity index (χ4v) is 4.57. The quantitative estimate of drug-likeness (QED) is 0.601. The molecular weight excluding hydrogens is 332 g/mol. The molecule has 2 aliphatic carbocycles.